The number of anilines is 1. The van der Waals surface area contributed by atoms with Crippen molar-refractivity contribution in [1.29, 1.82) is 0 Å². The van der Waals surface area contributed by atoms with E-state index in [1.165, 1.54) is 50.6 Å². The predicted molar refractivity (Wildman–Crippen MR) is 118 cm³/mol. The summed E-state index contributed by atoms with van der Waals surface area (Å²) in [5, 5.41) is 0.0605. The number of nitrogens with zero attached hydrogens (tertiary/aromatic N) is 2. The number of alkyl halides is 3. The van der Waals surface area contributed by atoms with E-state index in [9.17, 15) is 44.7 Å². The van der Waals surface area contributed by atoms with Gasteiger partial charge in [0.15, 0.2) is 23.3 Å². The van der Waals surface area contributed by atoms with Gasteiger partial charge in [0.2, 0.25) is 5.82 Å². The van der Waals surface area contributed by atoms with Crippen molar-refractivity contribution >= 4 is 34.0 Å². The number of allylic oxidation sites excluding steroid dienone is 2. The van der Waals surface area contributed by atoms with Crippen LogP contribution in [0.5, 0.6) is 0 Å². The molecule has 1 aromatic heterocycles. The van der Waals surface area contributed by atoms with Crippen LogP contribution in [-0.2, 0) is 16.6 Å². The minimum absolute atomic E-state index is 0.0454. The first-order valence-corrected chi connectivity index (χ1v) is 10.6. The summed E-state index contributed by atoms with van der Waals surface area (Å²) in [4.78, 5) is 26.1. The number of carbonyl (C=O) groups excluding carboxylic acids is 2. The summed E-state index contributed by atoms with van der Waals surface area (Å²) in [6.45, 7) is 3.69. The third-order valence-electron chi connectivity index (χ3n) is 6.18. The average molecular weight is 528 g/mol. The number of amides is 2. The molecule has 2 heterocycles. The molecule has 37 heavy (non-hydrogen) atoms. The second kappa shape index (κ2) is 8.56. The molecule has 1 fully saturated rings. The highest BCUT2D eigenvalue weighted by Crippen LogP contribution is 2.47. The van der Waals surface area contributed by atoms with E-state index in [2.05, 4.69) is 0 Å². The number of imide groups is 1. The molecule has 1 aliphatic heterocycles. The van der Waals surface area contributed by atoms with Crippen molar-refractivity contribution in [2.24, 2.45) is 7.05 Å². The van der Waals surface area contributed by atoms with Gasteiger partial charge in [0.1, 0.15) is 5.69 Å². The fourth-order valence-corrected chi connectivity index (χ4v) is 4.46. The standard InChI is InChI=1S/C25H16F8N2O2/c1-9(2)13-15(16(25(31,32)33)14-10(3)34(4)12-8-6-5-7-11(12)14)24(37)35(23(13)36)22-20(29)18(27)17(26)19(28)21(22)30/h5-8H,1-4H3/b16-15-. The van der Waals surface area contributed by atoms with Crippen LogP contribution in [-0.4, -0.2) is 22.6 Å². The summed E-state index contributed by atoms with van der Waals surface area (Å²) in [5.74, 6) is -16.1. The molecule has 0 spiro atoms. The van der Waals surface area contributed by atoms with Crippen LogP contribution in [0.1, 0.15) is 25.1 Å². The lowest BCUT2D eigenvalue weighted by Gasteiger charge is -2.18. The Balaban J connectivity index is 2.17. The number of hydrogen-bond acceptors (Lipinski definition) is 2. The van der Waals surface area contributed by atoms with Crippen LogP contribution in [0.4, 0.5) is 40.8 Å². The maximum Gasteiger partial charge on any atom is 0.417 e. The number of aryl methyl sites for hydroxylation is 1. The summed E-state index contributed by atoms with van der Waals surface area (Å²) < 4.78 is 116. The summed E-state index contributed by atoms with van der Waals surface area (Å²) in [6, 6.07) is 5.90. The molecule has 12 heteroatoms. The quantitative estimate of drug-likeness (QED) is 0.127. The third-order valence-corrected chi connectivity index (χ3v) is 6.18. The SMILES string of the molecule is CC(C)=C1C(=O)N(c2c(F)c(F)c(F)c(F)c2F)C(=O)/C1=C(/c1c(C)n(C)c2ccccc12)C(F)(F)F. The number of aromatic nitrogens is 1. The molecule has 0 N–H and O–H groups in total. The topological polar surface area (TPSA) is 42.3 Å². The molecule has 0 atom stereocenters. The molecule has 1 aliphatic rings. The van der Waals surface area contributed by atoms with E-state index >= 15 is 0 Å². The number of benzene rings is 2. The molecule has 0 bridgehead atoms. The van der Waals surface area contributed by atoms with Crippen molar-refractivity contribution in [3.8, 4) is 0 Å². The number of fused-ring (bicyclic) bond motifs is 1. The van der Waals surface area contributed by atoms with E-state index in [0.717, 1.165) is 0 Å². The van der Waals surface area contributed by atoms with Crippen molar-refractivity contribution in [2.75, 3.05) is 4.90 Å². The smallest absolute Gasteiger partial charge is 0.347 e. The highest BCUT2D eigenvalue weighted by atomic mass is 19.4. The highest BCUT2D eigenvalue weighted by molar-refractivity contribution is 6.39. The Labute approximate surface area is 204 Å². The molecular formula is C25H16F8N2O2. The molecule has 0 radical (unpaired) electrons. The zero-order valence-electron chi connectivity index (χ0n) is 19.5. The molecule has 194 valence electrons. The van der Waals surface area contributed by atoms with E-state index < -0.39 is 79.9 Å². The number of para-hydroxylation sites is 1. The molecule has 0 aliphatic carbocycles. The average Bonchev–Trinajstić information content (AvgIpc) is 3.22. The van der Waals surface area contributed by atoms with Crippen molar-refractivity contribution in [3.63, 3.8) is 0 Å². The first-order chi connectivity index (χ1) is 17.1. The molecule has 4 nitrogen and oxygen atoms in total. The van der Waals surface area contributed by atoms with Gasteiger partial charge in [-0.1, -0.05) is 23.8 Å². The first kappa shape index (κ1) is 26.1. The van der Waals surface area contributed by atoms with Crippen LogP contribution in [0.25, 0.3) is 16.5 Å². The van der Waals surface area contributed by atoms with E-state index in [4.69, 9.17) is 0 Å². The fraction of sp³-hybridized carbons (Fsp3) is 0.200. The van der Waals surface area contributed by atoms with Crippen LogP contribution in [0.15, 0.2) is 41.0 Å². The summed E-state index contributed by atoms with van der Waals surface area (Å²) >= 11 is 0. The lowest BCUT2D eigenvalue weighted by Crippen LogP contribution is -2.32. The molecule has 4 rings (SSSR count). The van der Waals surface area contributed by atoms with Gasteiger partial charge in [-0.05, 0) is 26.8 Å². The van der Waals surface area contributed by atoms with Crippen LogP contribution in [0.2, 0.25) is 0 Å². The molecule has 2 amide bonds. The zero-order chi connectivity index (χ0) is 27.7. The maximum absolute atomic E-state index is 14.7. The van der Waals surface area contributed by atoms with E-state index in [1.54, 1.807) is 6.07 Å². The second-order valence-corrected chi connectivity index (χ2v) is 8.52. The zero-order valence-corrected chi connectivity index (χ0v) is 19.5. The lowest BCUT2D eigenvalue weighted by molar-refractivity contribution is -0.120. The summed E-state index contributed by atoms with van der Waals surface area (Å²) in [5.41, 5.74) is -5.90. The van der Waals surface area contributed by atoms with Gasteiger partial charge in [-0.15, -0.1) is 0 Å². The molecule has 3 aromatic rings. The molecule has 1 saturated heterocycles. The number of rotatable bonds is 2. The fourth-order valence-electron chi connectivity index (χ4n) is 4.46. The van der Waals surface area contributed by atoms with E-state index in [1.807, 2.05) is 0 Å². The number of hydrogen-bond donors (Lipinski definition) is 0. The second-order valence-electron chi connectivity index (χ2n) is 8.52. The van der Waals surface area contributed by atoms with Crippen molar-refractivity contribution in [1.82, 2.24) is 4.57 Å². The van der Waals surface area contributed by atoms with Crippen LogP contribution >= 0.6 is 0 Å². The minimum atomic E-state index is -5.28. The summed E-state index contributed by atoms with van der Waals surface area (Å²) in [7, 11) is 1.48. The van der Waals surface area contributed by atoms with Crippen molar-refractivity contribution < 1.29 is 44.7 Å². The van der Waals surface area contributed by atoms with Gasteiger partial charge in [0, 0.05) is 29.2 Å². The Bertz CT molecular complexity index is 1560. The molecule has 2 aromatic carbocycles. The first-order valence-electron chi connectivity index (χ1n) is 10.6. The van der Waals surface area contributed by atoms with Crippen LogP contribution in [0.3, 0.4) is 0 Å². The van der Waals surface area contributed by atoms with Gasteiger partial charge >= 0.3 is 6.18 Å². The van der Waals surface area contributed by atoms with Crippen LogP contribution in [0, 0.1) is 36.0 Å². The van der Waals surface area contributed by atoms with Crippen LogP contribution < -0.4 is 4.90 Å². The normalized spacial score (nSPS) is 15.9. The molecular weight excluding hydrogens is 512 g/mol. The van der Waals surface area contributed by atoms with Gasteiger partial charge < -0.3 is 4.57 Å². The van der Waals surface area contributed by atoms with Crippen molar-refractivity contribution in [2.45, 2.75) is 26.9 Å². The van der Waals surface area contributed by atoms with Gasteiger partial charge in [-0.2, -0.15) is 13.2 Å². The van der Waals surface area contributed by atoms with Gasteiger partial charge in [-0.3, -0.25) is 9.59 Å². The number of carbonyl (C=O) groups is 2. The molecule has 0 saturated carbocycles. The molecule has 0 unspecified atom stereocenters. The Morgan fingerprint density at radius 1 is 0.784 bits per heavy atom. The lowest BCUT2D eigenvalue weighted by atomic mass is 9.91. The monoisotopic (exact) mass is 528 g/mol. The minimum Gasteiger partial charge on any atom is -0.347 e. The Morgan fingerprint density at radius 2 is 1.27 bits per heavy atom. The number of halogens is 8. The summed E-state index contributed by atoms with van der Waals surface area (Å²) in [6.07, 6.45) is -5.28. The van der Waals surface area contributed by atoms with E-state index in [0.29, 0.717) is 5.52 Å². The highest BCUT2D eigenvalue weighted by Gasteiger charge is 2.51. The Hall–Kier alpha value is -3.96. The Morgan fingerprint density at radius 3 is 1.78 bits per heavy atom. The maximum atomic E-state index is 14.7. The largest absolute Gasteiger partial charge is 0.417 e. The van der Waals surface area contributed by atoms with Gasteiger partial charge in [0.25, 0.3) is 11.8 Å². The van der Waals surface area contributed by atoms with Crippen molar-refractivity contribution in [3.05, 3.63) is 81.3 Å². The van der Waals surface area contributed by atoms with Gasteiger partial charge in [-0.25, -0.2) is 26.9 Å². The van der Waals surface area contributed by atoms with Gasteiger partial charge in [0.05, 0.1) is 16.7 Å². The Kier molecular flexibility index (Phi) is 6.04. The predicted octanol–water partition coefficient (Wildman–Crippen LogP) is 6.41. The third kappa shape index (κ3) is 3.65. The van der Waals surface area contributed by atoms with E-state index in [-0.39, 0.29) is 16.7 Å².